The lowest BCUT2D eigenvalue weighted by Crippen LogP contribution is -2.41. The van der Waals surface area contributed by atoms with E-state index in [-0.39, 0.29) is 24.5 Å². The minimum absolute atomic E-state index is 0.0304. The summed E-state index contributed by atoms with van der Waals surface area (Å²) in [5.41, 5.74) is 0. The van der Waals surface area contributed by atoms with Gasteiger partial charge in [-0.3, -0.25) is 9.59 Å². The quantitative estimate of drug-likeness (QED) is 0.708. The van der Waals surface area contributed by atoms with E-state index in [1.165, 1.54) is 0 Å². The molecule has 0 radical (unpaired) electrons. The molecule has 1 saturated carbocycles. The van der Waals surface area contributed by atoms with Gasteiger partial charge in [0.05, 0.1) is 24.5 Å². The van der Waals surface area contributed by atoms with E-state index in [2.05, 4.69) is 0 Å². The number of carbonyl (C=O) groups is 2. The second-order valence-corrected chi connectivity index (χ2v) is 4.83. The average Bonchev–Trinajstić information content (AvgIpc) is 2.95. The molecule has 16 heavy (non-hydrogen) atoms. The molecule has 5 nitrogen and oxygen atoms in total. The third kappa shape index (κ3) is 1.80. The van der Waals surface area contributed by atoms with Gasteiger partial charge in [0.1, 0.15) is 0 Å². The van der Waals surface area contributed by atoms with Crippen molar-refractivity contribution >= 4 is 11.9 Å². The summed E-state index contributed by atoms with van der Waals surface area (Å²) >= 11 is 0. The Kier molecular flexibility index (Phi) is 2.88. The lowest BCUT2D eigenvalue weighted by molar-refractivity contribution is -0.142. The molecule has 5 heteroatoms. The number of likely N-dealkylation sites (tertiary alicyclic amines) is 1. The summed E-state index contributed by atoms with van der Waals surface area (Å²) in [6, 6.07) is -0.123. The molecule has 1 saturated heterocycles. The number of hydrogen-bond acceptors (Lipinski definition) is 3. The first-order valence-electron chi connectivity index (χ1n) is 5.70. The molecule has 1 heterocycles. The Morgan fingerprint density at radius 3 is 2.56 bits per heavy atom. The molecule has 0 aromatic carbocycles. The standard InChI is InChI=1S/C11H17NO4/c1-6-2-3-12(9(6)5-13)10(14)7-4-8(7)11(15)16/h6-9,13H,2-5H2,1H3,(H,15,16)/t6?,7-,8+,9?/m1/s1. The number of amides is 1. The fourth-order valence-corrected chi connectivity index (χ4v) is 2.51. The van der Waals surface area contributed by atoms with Gasteiger partial charge < -0.3 is 15.1 Å². The van der Waals surface area contributed by atoms with Crippen molar-refractivity contribution in [2.24, 2.45) is 17.8 Å². The van der Waals surface area contributed by atoms with Crippen LogP contribution in [0.25, 0.3) is 0 Å². The zero-order valence-electron chi connectivity index (χ0n) is 9.30. The average molecular weight is 227 g/mol. The van der Waals surface area contributed by atoms with Gasteiger partial charge in [0.25, 0.3) is 0 Å². The van der Waals surface area contributed by atoms with E-state index in [0.717, 1.165) is 6.42 Å². The predicted octanol–water partition coefficient (Wildman–Crippen LogP) is -0.0636. The predicted molar refractivity (Wildman–Crippen MR) is 55.6 cm³/mol. The fourth-order valence-electron chi connectivity index (χ4n) is 2.51. The van der Waals surface area contributed by atoms with E-state index in [1.54, 1.807) is 4.90 Å². The monoisotopic (exact) mass is 227 g/mol. The molecule has 0 bridgehead atoms. The second-order valence-electron chi connectivity index (χ2n) is 4.83. The summed E-state index contributed by atoms with van der Waals surface area (Å²) in [5, 5.41) is 18.0. The molecule has 0 aromatic rings. The van der Waals surface area contributed by atoms with Crippen molar-refractivity contribution in [2.45, 2.75) is 25.8 Å². The van der Waals surface area contributed by atoms with Crippen LogP contribution in [0.3, 0.4) is 0 Å². The normalized spacial score (nSPS) is 37.5. The highest BCUT2D eigenvalue weighted by atomic mass is 16.4. The smallest absolute Gasteiger partial charge is 0.307 e. The maximum atomic E-state index is 12.0. The number of aliphatic hydroxyl groups excluding tert-OH is 1. The first-order valence-corrected chi connectivity index (χ1v) is 5.70. The molecule has 2 unspecified atom stereocenters. The third-order valence-electron chi connectivity index (χ3n) is 3.78. The number of carbonyl (C=O) groups excluding carboxylic acids is 1. The van der Waals surface area contributed by atoms with Gasteiger partial charge >= 0.3 is 5.97 Å². The van der Waals surface area contributed by atoms with E-state index in [4.69, 9.17) is 5.11 Å². The molecule has 90 valence electrons. The van der Waals surface area contributed by atoms with Crippen LogP contribution in [-0.4, -0.2) is 46.2 Å². The zero-order chi connectivity index (χ0) is 11.9. The summed E-state index contributed by atoms with van der Waals surface area (Å²) in [7, 11) is 0. The van der Waals surface area contributed by atoms with Crippen LogP contribution in [0, 0.1) is 17.8 Å². The number of carboxylic acids is 1. The van der Waals surface area contributed by atoms with Crippen molar-refractivity contribution in [3.05, 3.63) is 0 Å². The van der Waals surface area contributed by atoms with Crippen LogP contribution >= 0.6 is 0 Å². The van der Waals surface area contributed by atoms with E-state index in [0.29, 0.717) is 18.9 Å². The summed E-state index contributed by atoms with van der Waals surface area (Å²) in [6.07, 6.45) is 1.35. The molecule has 1 amide bonds. The van der Waals surface area contributed by atoms with Crippen LogP contribution in [0.15, 0.2) is 0 Å². The highest BCUT2D eigenvalue weighted by Crippen LogP contribution is 2.41. The second kappa shape index (κ2) is 4.05. The van der Waals surface area contributed by atoms with Gasteiger partial charge in [-0.05, 0) is 18.8 Å². The SMILES string of the molecule is CC1CCN(C(=O)[C@@H]2C[C@@H]2C(=O)O)C1CO. The van der Waals surface area contributed by atoms with E-state index in [9.17, 15) is 14.7 Å². The third-order valence-corrected chi connectivity index (χ3v) is 3.78. The topological polar surface area (TPSA) is 77.8 Å². The van der Waals surface area contributed by atoms with E-state index in [1.807, 2.05) is 6.92 Å². The molecule has 1 aliphatic carbocycles. The number of aliphatic hydroxyl groups is 1. The summed E-state index contributed by atoms with van der Waals surface area (Å²) < 4.78 is 0. The molecule has 4 atom stereocenters. The van der Waals surface area contributed by atoms with Crippen LogP contribution in [-0.2, 0) is 9.59 Å². The van der Waals surface area contributed by atoms with Crippen molar-refractivity contribution in [3.63, 3.8) is 0 Å². The number of carboxylic acid groups (broad SMARTS) is 1. The maximum absolute atomic E-state index is 12.0. The van der Waals surface area contributed by atoms with Crippen molar-refractivity contribution in [1.29, 1.82) is 0 Å². The van der Waals surface area contributed by atoms with Crippen LogP contribution in [0.4, 0.5) is 0 Å². The van der Waals surface area contributed by atoms with Crippen molar-refractivity contribution in [1.82, 2.24) is 4.90 Å². The molecule has 0 spiro atoms. The van der Waals surface area contributed by atoms with Gasteiger partial charge in [-0.2, -0.15) is 0 Å². The van der Waals surface area contributed by atoms with Gasteiger partial charge in [0.2, 0.25) is 5.91 Å². The van der Waals surface area contributed by atoms with Crippen molar-refractivity contribution in [3.8, 4) is 0 Å². The molecular formula is C11H17NO4. The molecule has 1 aliphatic heterocycles. The first kappa shape index (κ1) is 11.4. The van der Waals surface area contributed by atoms with Crippen molar-refractivity contribution < 1.29 is 19.8 Å². The number of rotatable bonds is 3. The molecule has 2 N–H and O–H groups in total. The fraction of sp³-hybridized carbons (Fsp3) is 0.818. The summed E-state index contributed by atoms with van der Waals surface area (Å²) in [4.78, 5) is 24.3. The summed E-state index contributed by atoms with van der Waals surface area (Å²) in [5.74, 6) is -1.52. The van der Waals surface area contributed by atoms with Crippen molar-refractivity contribution in [2.75, 3.05) is 13.2 Å². The zero-order valence-corrected chi connectivity index (χ0v) is 9.30. The molecule has 0 aromatic heterocycles. The minimum atomic E-state index is -0.883. The molecule has 2 fully saturated rings. The highest BCUT2D eigenvalue weighted by molar-refractivity contribution is 5.89. The first-order chi connectivity index (χ1) is 7.56. The van der Waals surface area contributed by atoms with Gasteiger partial charge in [-0.1, -0.05) is 6.92 Å². The van der Waals surface area contributed by atoms with E-state index >= 15 is 0 Å². The molecule has 2 rings (SSSR count). The number of hydrogen-bond donors (Lipinski definition) is 2. The van der Waals surface area contributed by atoms with Crippen LogP contribution < -0.4 is 0 Å². The highest BCUT2D eigenvalue weighted by Gasteiger charge is 2.51. The van der Waals surface area contributed by atoms with Gasteiger partial charge in [0.15, 0.2) is 0 Å². The lowest BCUT2D eigenvalue weighted by atomic mass is 10.0. The van der Waals surface area contributed by atoms with Gasteiger partial charge in [-0.25, -0.2) is 0 Å². The van der Waals surface area contributed by atoms with Crippen LogP contribution in [0.1, 0.15) is 19.8 Å². The largest absolute Gasteiger partial charge is 0.481 e. The van der Waals surface area contributed by atoms with Gasteiger partial charge in [-0.15, -0.1) is 0 Å². The Bertz CT molecular complexity index is 317. The maximum Gasteiger partial charge on any atom is 0.307 e. The Labute approximate surface area is 94.0 Å². The minimum Gasteiger partial charge on any atom is -0.481 e. The van der Waals surface area contributed by atoms with E-state index < -0.39 is 11.9 Å². The molecule has 2 aliphatic rings. The van der Waals surface area contributed by atoms with Gasteiger partial charge in [0, 0.05) is 6.54 Å². The number of nitrogens with zero attached hydrogens (tertiary/aromatic N) is 1. The molecular weight excluding hydrogens is 210 g/mol. The lowest BCUT2D eigenvalue weighted by Gasteiger charge is -2.25. The Morgan fingerprint density at radius 1 is 1.38 bits per heavy atom. The summed E-state index contributed by atoms with van der Waals surface area (Å²) in [6.45, 7) is 2.63. The number of aliphatic carboxylic acids is 1. The van der Waals surface area contributed by atoms with Crippen LogP contribution in [0.2, 0.25) is 0 Å². The Hall–Kier alpha value is -1.10. The van der Waals surface area contributed by atoms with Crippen LogP contribution in [0.5, 0.6) is 0 Å². The Morgan fingerprint density at radius 2 is 2.06 bits per heavy atom. The Balaban J connectivity index is 1.98.